The molecule has 0 amide bonds. The summed E-state index contributed by atoms with van der Waals surface area (Å²) in [4.78, 5) is 0. The summed E-state index contributed by atoms with van der Waals surface area (Å²) < 4.78 is 2.32. The zero-order valence-corrected chi connectivity index (χ0v) is 7.83. The number of hydrogen-bond donors (Lipinski definition) is 0. The highest BCUT2D eigenvalue weighted by Gasteiger charge is 1.94. The van der Waals surface area contributed by atoms with E-state index in [1.165, 1.54) is 12.1 Å². The molecule has 0 radical (unpaired) electrons. The second kappa shape index (κ2) is 6.48. The summed E-state index contributed by atoms with van der Waals surface area (Å²) in [5, 5.41) is 6.50. The Kier molecular flexibility index (Phi) is 5.81. The Morgan fingerprint density at radius 3 is 2.58 bits per heavy atom. The number of aryl methyl sites for hydroxylation is 2. The molecule has 0 bridgehead atoms. The van der Waals surface area contributed by atoms with Gasteiger partial charge in [0.25, 0.3) is 0 Å². The van der Waals surface area contributed by atoms with E-state index in [0.29, 0.717) is 0 Å². The van der Waals surface area contributed by atoms with Crippen LogP contribution in [0.4, 0.5) is 0 Å². The Morgan fingerprint density at radius 1 is 1.42 bits per heavy atom. The Morgan fingerprint density at radius 2 is 2.08 bits per heavy atom. The number of nitriles is 1. The molecule has 1 aromatic rings. The van der Waals surface area contributed by atoms with E-state index in [1.807, 2.05) is 0 Å². The minimum atomic E-state index is 1.15. The average molecular weight is 164 g/mol. The zero-order chi connectivity index (χ0) is 9.40. The van der Waals surface area contributed by atoms with E-state index in [-0.39, 0.29) is 0 Å². The summed E-state index contributed by atoms with van der Waals surface area (Å²) in [6.45, 7) is 9.07. The van der Waals surface area contributed by atoms with Gasteiger partial charge >= 0.3 is 0 Å². The van der Waals surface area contributed by atoms with E-state index in [4.69, 9.17) is 5.26 Å². The minimum Gasteiger partial charge on any atom is -0.351 e. The quantitative estimate of drug-likeness (QED) is 0.675. The fourth-order valence-corrected chi connectivity index (χ4v) is 1.23. The van der Waals surface area contributed by atoms with E-state index in [9.17, 15) is 0 Å². The third-order valence-electron chi connectivity index (χ3n) is 1.75. The molecule has 0 unspecified atom stereocenters. The van der Waals surface area contributed by atoms with Gasteiger partial charge in [0, 0.05) is 25.0 Å². The lowest BCUT2D eigenvalue weighted by Gasteiger charge is -2.03. The van der Waals surface area contributed by atoms with Crippen molar-refractivity contribution in [2.75, 3.05) is 0 Å². The topological polar surface area (TPSA) is 28.7 Å². The molecule has 0 saturated carbocycles. The molecule has 2 nitrogen and oxygen atoms in total. The van der Waals surface area contributed by atoms with Crippen molar-refractivity contribution in [2.24, 2.45) is 0 Å². The van der Waals surface area contributed by atoms with Gasteiger partial charge in [-0.15, -0.1) is 0 Å². The first-order valence-electron chi connectivity index (χ1n) is 4.28. The zero-order valence-electron chi connectivity index (χ0n) is 7.83. The summed E-state index contributed by atoms with van der Waals surface area (Å²) >= 11 is 0. The highest BCUT2D eigenvalue weighted by atomic mass is 15.0. The first kappa shape index (κ1) is 10.8. The molecule has 1 heterocycles. The Balaban J connectivity index is 0.000000561. The van der Waals surface area contributed by atoms with Gasteiger partial charge in [0.1, 0.15) is 0 Å². The maximum absolute atomic E-state index is 6.50. The Hall–Kier alpha value is -1.23. The first-order valence-corrected chi connectivity index (χ1v) is 4.28. The number of aromatic nitrogens is 1. The molecular weight excluding hydrogens is 148 g/mol. The molecular formula is C10H16N2. The second-order valence-corrected chi connectivity index (χ2v) is 2.55. The van der Waals surface area contributed by atoms with Crippen LogP contribution >= 0.6 is 0 Å². The van der Waals surface area contributed by atoms with Crippen molar-refractivity contribution in [3.05, 3.63) is 24.0 Å². The number of nitrogens with zero attached hydrogens (tertiary/aromatic N) is 2. The first-order chi connectivity index (χ1) is 5.88. The normalized spacial score (nSPS) is 8.67. The lowest BCUT2D eigenvalue weighted by Crippen LogP contribution is -1.98. The molecule has 0 fully saturated rings. The summed E-state index contributed by atoms with van der Waals surface area (Å²) in [5.74, 6) is 0. The SMILES string of the molecule is C#N.CCCn1cccc1CC. The van der Waals surface area contributed by atoms with Crippen molar-refractivity contribution in [3.63, 3.8) is 0 Å². The van der Waals surface area contributed by atoms with Gasteiger partial charge in [0.05, 0.1) is 0 Å². The number of hydrogen-bond acceptors (Lipinski definition) is 1. The van der Waals surface area contributed by atoms with Crippen LogP contribution < -0.4 is 0 Å². The average Bonchev–Trinajstić information content (AvgIpc) is 2.56. The third kappa shape index (κ3) is 2.79. The maximum atomic E-state index is 6.50. The molecule has 1 rings (SSSR count). The van der Waals surface area contributed by atoms with Gasteiger partial charge in [0.15, 0.2) is 0 Å². The van der Waals surface area contributed by atoms with Gasteiger partial charge < -0.3 is 4.57 Å². The van der Waals surface area contributed by atoms with Crippen molar-refractivity contribution in [2.45, 2.75) is 33.2 Å². The minimum absolute atomic E-state index is 1.15. The molecule has 0 spiro atoms. The predicted molar refractivity (Wildman–Crippen MR) is 50.8 cm³/mol. The van der Waals surface area contributed by atoms with E-state index in [2.05, 4.69) is 43.3 Å². The van der Waals surface area contributed by atoms with Gasteiger partial charge in [-0.25, -0.2) is 5.26 Å². The lowest BCUT2D eigenvalue weighted by molar-refractivity contribution is 0.653. The van der Waals surface area contributed by atoms with Crippen molar-refractivity contribution >= 4 is 0 Å². The fraction of sp³-hybridized carbons (Fsp3) is 0.500. The van der Waals surface area contributed by atoms with Crippen LogP contribution in [0, 0.1) is 11.8 Å². The Labute approximate surface area is 74.4 Å². The van der Waals surface area contributed by atoms with Crippen molar-refractivity contribution in [1.29, 1.82) is 5.26 Å². The summed E-state index contributed by atoms with van der Waals surface area (Å²) in [6.07, 6.45) is 4.52. The van der Waals surface area contributed by atoms with Crippen LogP contribution in [0.1, 0.15) is 26.0 Å². The van der Waals surface area contributed by atoms with Crippen LogP contribution in [-0.2, 0) is 13.0 Å². The van der Waals surface area contributed by atoms with Crippen molar-refractivity contribution in [3.8, 4) is 6.57 Å². The molecule has 66 valence electrons. The Bertz CT molecular complexity index is 223. The smallest absolute Gasteiger partial charge is 0.0462 e. The van der Waals surface area contributed by atoms with Crippen LogP contribution in [0.2, 0.25) is 0 Å². The predicted octanol–water partition coefficient (Wildman–Crippen LogP) is 2.60. The van der Waals surface area contributed by atoms with E-state index < -0.39 is 0 Å². The summed E-state index contributed by atoms with van der Waals surface area (Å²) in [7, 11) is 0. The monoisotopic (exact) mass is 164 g/mol. The molecule has 2 heteroatoms. The maximum Gasteiger partial charge on any atom is 0.0462 e. The molecule has 1 aromatic heterocycles. The van der Waals surface area contributed by atoms with Gasteiger partial charge in [-0.05, 0) is 25.0 Å². The van der Waals surface area contributed by atoms with Gasteiger partial charge in [-0.1, -0.05) is 13.8 Å². The highest BCUT2D eigenvalue weighted by molar-refractivity contribution is 5.06. The second-order valence-electron chi connectivity index (χ2n) is 2.55. The van der Waals surface area contributed by atoms with Crippen LogP contribution in [0.5, 0.6) is 0 Å². The fourth-order valence-electron chi connectivity index (χ4n) is 1.23. The van der Waals surface area contributed by atoms with Gasteiger partial charge in [-0.3, -0.25) is 0 Å². The van der Waals surface area contributed by atoms with Crippen LogP contribution in [0.3, 0.4) is 0 Å². The standard InChI is InChI=1S/C9H15N.CHN/c1-3-7-10-8-5-6-9(10)4-2;1-2/h5-6,8H,3-4,7H2,1-2H3;1H. The molecule has 0 saturated heterocycles. The molecule has 0 aromatic carbocycles. The van der Waals surface area contributed by atoms with Gasteiger partial charge in [-0.2, -0.15) is 0 Å². The van der Waals surface area contributed by atoms with Crippen LogP contribution in [0.25, 0.3) is 0 Å². The van der Waals surface area contributed by atoms with E-state index in [0.717, 1.165) is 13.0 Å². The largest absolute Gasteiger partial charge is 0.351 e. The van der Waals surface area contributed by atoms with Crippen LogP contribution in [0.15, 0.2) is 18.3 Å². The molecule has 0 aliphatic heterocycles. The molecule has 0 aliphatic carbocycles. The lowest BCUT2D eigenvalue weighted by atomic mass is 10.3. The molecule has 0 aliphatic rings. The van der Waals surface area contributed by atoms with Crippen molar-refractivity contribution < 1.29 is 0 Å². The number of rotatable bonds is 3. The van der Waals surface area contributed by atoms with Gasteiger partial charge in [0.2, 0.25) is 0 Å². The summed E-state index contributed by atoms with van der Waals surface area (Å²) in [5.41, 5.74) is 1.45. The van der Waals surface area contributed by atoms with E-state index in [1.54, 1.807) is 0 Å². The molecule has 12 heavy (non-hydrogen) atoms. The summed E-state index contributed by atoms with van der Waals surface area (Å²) in [6, 6.07) is 4.31. The van der Waals surface area contributed by atoms with Crippen LogP contribution in [-0.4, -0.2) is 4.57 Å². The van der Waals surface area contributed by atoms with E-state index >= 15 is 0 Å². The molecule has 0 N–H and O–H groups in total. The van der Waals surface area contributed by atoms with Crippen molar-refractivity contribution in [1.82, 2.24) is 4.57 Å². The molecule has 0 atom stereocenters. The highest BCUT2D eigenvalue weighted by Crippen LogP contribution is 2.03. The third-order valence-corrected chi connectivity index (χ3v) is 1.75.